The number of anilines is 1. The summed E-state index contributed by atoms with van der Waals surface area (Å²) in [6, 6.07) is 19.5. The van der Waals surface area contributed by atoms with Crippen LogP contribution in [0.15, 0.2) is 71.3 Å². The molecule has 1 N–H and O–H groups in total. The Morgan fingerprint density at radius 2 is 2.00 bits per heavy atom. The zero-order valence-electron chi connectivity index (χ0n) is 14.1. The lowest BCUT2D eigenvalue weighted by Crippen LogP contribution is -2.20. The zero-order valence-corrected chi connectivity index (χ0v) is 15.6. The van der Waals surface area contributed by atoms with Gasteiger partial charge in [0.05, 0.1) is 17.4 Å². The van der Waals surface area contributed by atoms with Gasteiger partial charge in [0.1, 0.15) is 17.6 Å². The minimum Gasteiger partial charge on any atom is -0.482 e. The van der Waals surface area contributed by atoms with E-state index < -0.39 is 0 Å². The predicted octanol–water partition coefficient (Wildman–Crippen LogP) is 4.53. The molecule has 1 amide bonds. The number of nitrogens with zero attached hydrogens (tertiary/aromatic N) is 2. The highest BCUT2D eigenvalue weighted by Gasteiger charge is 2.07. The van der Waals surface area contributed by atoms with Crippen molar-refractivity contribution in [2.45, 2.75) is 0 Å². The molecule has 0 spiro atoms. The van der Waals surface area contributed by atoms with Crippen LogP contribution in [0.4, 0.5) is 5.69 Å². The molecule has 3 aromatic rings. The molecule has 1 aromatic heterocycles. The van der Waals surface area contributed by atoms with E-state index in [4.69, 9.17) is 14.7 Å². The molecule has 134 valence electrons. The lowest BCUT2D eigenvalue weighted by atomic mass is 10.2. The molecular formula is C20H14BrN3O3. The van der Waals surface area contributed by atoms with Crippen molar-refractivity contribution in [2.75, 3.05) is 11.9 Å². The molecular weight excluding hydrogens is 410 g/mol. The molecule has 3 rings (SSSR count). The molecule has 2 aromatic carbocycles. The summed E-state index contributed by atoms with van der Waals surface area (Å²) in [6.45, 7) is -0.213. The van der Waals surface area contributed by atoms with Crippen molar-refractivity contribution in [2.24, 2.45) is 0 Å². The smallest absolute Gasteiger partial charge is 0.262 e. The van der Waals surface area contributed by atoms with Crippen LogP contribution in [0.1, 0.15) is 5.56 Å². The molecule has 0 aliphatic rings. The summed E-state index contributed by atoms with van der Waals surface area (Å²) in [6.07, 6.45) is 1.49. The van der Waals surface area contributed by atoms with Gasteiger partial charge in [-0.15, -0.1) is 0 Å². The normalized spacial score (nSPS) is 9.93. The van der Waals surface area contributed by atoms with Crippen LogP contribution in [0.2, 0.25) is 0 Å². The first-order chi connectivity index (χ1) is 13.1. The summed E-state index contributed by atoms with van der Waals surface area (Å²) in [5.74, 6) is 1.07. The monoisotopic (exact) mass is 423 g/mol. The molecule has 6 nitrogen and oxygen atoms in total. The quantitative estimate of drug-likeness (QED) is 0.629. The van der Waals surface area contributed by atoms with Crippen LogP contribution in [-0.2, 0) is 4.79 Å². The second-order valence-electron chi connectivity index (χ2n) is 5.39. The van der Waals surface area contributed by atoms with Gasteiger partial charge < -0.3 is 14.8 Å². The molecule has 27 heavy (non-hydrogen) atoms. The molecule has 7 heteroatoms. The van der Waals surface area contributed by atoms with Crippen LogP contribution in [-0.4, -0.2) is 17.5 Å². The van der Waals surface area contributed by atoms with Crippen LogP contribution in [0.3, 0.4) is 0 Å². The van der Waals surface area contributed by atoms with E-state index in [2.05, 4.69) is 26.2 Å². The van der Waals surface area contributed by atoms with Crippen molar-refractivity contribution in [3.05, 3.63) is 76.9 Å². The number of rotatable bonds is 6. The van der Waals surface area contributed by atoms with Gasteiger partial charge in [-0.1, -0.05) is 34.1 Å². The van der Waals surface area contributed by atoms with E-state index in [1.807, 2.05) is 30.3 Å². The van der Waals surface area contributed by atoms with Crippen molar-refractivity contribution in [1.29, 1.82) is 5.26 Å². The van der Waals surface area contributed by atoms with Crippen LogP contribution in [0.25, 0.3) is 0 Å². The molecule has 0 fully saturated rings. The number of amides is 1. The summed E-state index contributed by atoms with van der Waals surface area (Å²) in [7, 11) is 0. The fourth-order valence-electron chi connectivity index (χ4n) is 2.19. The number of nitrogens with one attached hydrogen (secondary N) is 1. The first kappa shape index (κ1) is 18.4. The number of hydrogen-bond donors (Lipinski definition) is 1. The molecule has 0 radical (unpaired) electrons. The minimum absolute atomic E-state index is 0.213. The highest BCUT2D eigenvalue weighted by molar-refractivity contribution is 9.10. The topological polar surface area (TPSA) is 84.2 Å². The van der Waals surface area contributed by atoms with Crippen molar-refractivity contribution in [1.82, 2.24) is 4.98 Å². The highest BCUT2D eigenvalue weighted by Crippen LogP contribution is 2.23. The van der Waals surface area contributed by atoms with Gasteiger partial charge in [-0.3, -0.25) is 4.79 Å². The van der Waals surface area contributed by atoms with Gasteiger partial charge in [0, 0.05) is 10.5 Å². The largest absolute Gasteiger partial charge is 0.482 e. The Balaban J connectivity index is 1.55. The van der Waals surface area contributed by atoms with Gasteiger partial charge in [0.25, 0.3) is 5.91 Å². The first-order valence-electron chi connectivity index (χ1n) is 7.95. The van der Waals surface area contributed by atoms with Crippen molar-refractivity contribution in [3.8, 4) is 23.4 Å². The predicted molar refractivity (Wildman–Crippen MR) is 104 cm³/mol. The number of pyridine rings is 1. The third kappa shape index (κ3) is 5.30. The molecule has 0 saturated carbocycles. The number of para-hydroxylation sites is 1. The molecule has 1 heterocycles. The molecule has 0 atom stereocenters. The molecule has 0 bridgehead atoms. The van der Waals surface area contributed by atoms with Crippen LogP contribution >= 0.6 is 15.9 Å². The summed E-state index contributed by atoms with van der Waals surface area (Å²) < 4.78 is 11.9. The fraction of sp³-hybridized carbons (Fsp3) is 0.0500. The number of hydrogen-bond acceptors (Lipinski definition) is 5. The number of benzene rings is 2. The van der Waals surface area contributed by atoms with Gasteiger partial charge in [0.15, 0.2) is 6.61 Å². The minimum atomic E-state index is -0.356. The Hall–Kier alpha value is -3.37. The van der Waals surface area contributed by atoms with Crippen LogP contribution in [0.5, 0.6) is 17.4 Å². The number of halogens is 1. The average molecular weight is 424 g/mol. The maximum atomic E-state index is 12.0. The van der Waals surface area contributed by atoms with E-state index in [-0.39, 0.29) is 12.5 Å². The summed E-state index contributed by atoms with van der Waals surface area (Å²) >= 11 is 3.38. The van der Waals surface area contributed by atoms with E-state index in [0.29, 0.717) is 28.6 Å². The van der Waals surface area contributed by atoms with E-state index >= 15 is 0 Å². The van der Waals surface area contributed by atoms with Gasteiger partial charge in [-0.05, 0) is 36.4 Å². The summed E-state index contributed by atoms with van der Waals surface area (Å²) in [4.78, 5) is 16.2. The third-order valence-electron chi connectivity index (χ3n) is 3.40. The Kier molecular flexibility index (Phi) is 6.02. The van der Waals surface area contributed by atoms with E-state index in [1.54, 1.807) is 36.4 Å². The molecule has 0 unspecified atom stereocenters. The maximum Gasteiger partial charge on any atom is 0.262 e. The number of nitriles is 1. The molecule has 0 saturated heterocycles. The number of ether oxygens (including phenoxy) is 2. The van der Waals surface area contributed by atoms with Crippen LogP contribution in [0, 0.1) is 11.3 Å². The van der Waals surface area contributed by atoms with E-state index in [1.165, 1.54) is 6.20 Å². The second kappa shape index (κ2) is 8.83. The molecule has 0 aliphatic carbocycles. The number of carbonyl (C=O) groups is 1. The Morgan fingerprint density at radius 1 is 1.15 bits per heavy atom. The number of carbonyl (C=O) groups excluding carboxylic acids is 1. The Labute approximate surface area is 164 Å². The summed E-state index contributed by atoms with van der Waals surface area (Å²) in [5, 5.41) is 11.7. The number of aromatic nitrogens is 1. The first-order valence-corrected chi connectivity index (χ1v) is 8.74. The van der Waals surface area contributed by atoms with E-state index in [9.17, 15) is 4.79 Å². The Morgan fingerprint density at radius 3 is 2.74 bits per heavy atom. The van der Waals surface area contributed by atoms with Crippen molar-refractivity contribution in [3.63, 3.8) is 0 Å². The Bertz CT molecular complexity index is 984. The highest BCUT2D eigenvalue weighted by atomic mass is 79.9. The van der Waals surface area contributed by atoms with E-state index in [0.717, 1.165) is 4.47 Å². The maximum absolute atomic E-state index is 12.0. The van der Waals surface area contributed by atoms with Gasteiger partial charge >= 0.3 is 0 Å². The fourth-order valence-corrected chi connectivity index (χ4v) is 2.57. The zero-order chi connectivity index (χ0) is 19.1. The van der Waals surface area contributed by atoms with Gasteiger partial charge in [-0.2, -0.15) is 5.26 Å². The van der Waals surface area contributed by atoms with Crippen LogP contribution < -0.4 is 14.8 Å². The average Bonchev–Trinajstić information content (AvgIpc) is 2.68. The second-order valence-corrected chi connectivity index (χ2v) is 6.31. The third-order valence-corrected chi connectivity index (χ3v) is 3.90. The summed E-state index contributed by atoms with van der Waals surface area (Å²) in [5.41, 5.74) is 0.889. The van der Waals surface area contributed by atoms with Gasteiger partial charge in [0.2, 0.25) is 5.88 Å². The van der Waals surface area contributed by atoms with Gasteiger partial charge in [-0.25, -0.2) is 4.98 Å². The SMILES string of the molecule is N#Cc1ccccc1OCC(=O)Nc1ccc(Oc2cccc(Br)c2)nc1. The van der Waals surface area contributed by atoms with Crippen molar-refractivity contribution >= 4 is 27.5 Å². The standard InChI is InChI=1S/C20H14BrN3O3/c21-15-5-3-6-17(10-15)27-20-9-8-16(12-23-20)24-19(25)13-26-18-7-2-1-4-14(18)11-22/h1-10,12H,13H2,(H,24,25). The molecule has 0 aliphatic heterocycles. The lowest BCUT2D eigenvalue weighted by Gasteiger charge is -2.09. The lowest BCUT2D eigenvalue weighted by molar-refractivity contribution is -0.118. The van der Waals surface area contributed by atoms with Crippen molar-refractivity contribution < 1.29 is 14.3 Å².